The minimum absolute atomic E-state index is 0.188. The van der Waals surface area contributed by atoms with Crippen LogP contribution in [0.15, 0.2) is 46.9 Å². The minimum Gasteiger partial charge on any atom is -0.478 e. The molecular formula is C15H13BrFNO2. The number of carboxylic acid groups (broad SMARTS) is 1. The topological polar surface area (TPSA) is 49.3 Å². The lowest BCUT2D eigenvalue weighted by Crippen LogP contribution is -2.10. The monoisotopic (exact) mass is 337 g/mol. The van der Waals surface area contributed by atoms with Crippen LogP contribution in [-0.4, -0.2) is 17.6 Å². The molecule has 0 fully saturated rings. The average molecular weight is 338 g/mol. The molecule has 0 radical (unpaired) electrons. The summed E-state index contributed by atoms with van der Waals surface area (Å²) < 4.78 is 14.2. The molecule has 0 saturated carbocycles. The van der Waals surface area contributed by atoms with E-state index in [1.807, 2.05) is 0 Å². The predicted molar refractivity (Wildman–Crippen MR) is 79.7 cm³/mol. The highest BCUT2D eigenvalue weighted by Crippen LogP contribution is 2.21. The van der Waals surface area contributed by atoms with Gasteiger partial charge in [-0.2, -0.15) is 0 Å². The molecule has 0 bridgehead atoms. The molecule has 2 N–H and O–H groups in total. The molecule has 0 aliphatic carbocycles. The molecule has 2 aromatic rings. The Hall–Kier alpha value is -1.88. The van der Waals surface area contributed by atoms with Crippen LogP contribution in [0.25, 0.3) is 0 Å². The number of carbonyl (C=O) groups is 1. The van der Waals surface area contributed by atoms with Crippen molar-refractivity contribution >= 4 is 27.6 Å². The Kier molecular flexibility index (Phi) is 4.74. The van der Waals surface area contributed by atoms with Crippen molar-refractivity contribution in [2.45, 2.75) is 6.42 Å². The van der Waals surface area contributed by atoms with Crippen LogP contribution < -0.4 is 5.32 Å². The van der Waals surface area contributed by atoms with E-state index >= 15 is 0 Å². The van der Waals surface area contributed by atoms with Gasteiger partial charge in [-0.3, -0.25) is 0 Å². The van der Waals surface area contributed by atoms with Crippen LogP contribution in [0, 0.1) is 5.82 Å². The molecule has 0 aromatic heterocycles. The van der Waals surface area contributed by atoms with Crippen molar-refractivity contribution in [3.63, 3.8) is 0 Å². The Morgan fingerprint density at radius 1 is 1.25 bits per heavy atom. The van der Waals surface area contributed by atoms with Crippen molar-refractivity contribution in [2.24, 2.45) is 0 Å². The maximum absolute atomic E-state index is 13.4. The van der Waals surface area contributed by atoms with E-state index < -0.39 is 5.97 Å². The van der Waals surface area contributed by atoms with Gasteiger partial charge in [-0.25, -0.2) is 9.18 Å². The summed E-state index contributed by atoms with van der Waals surface area (Å²) in [6, 6.07) is 11.5. The second kappa shape index (κ2) is 6.52. The van der Waals surface area contributed by atoms with Crippen LogP contribution in [0.1, 0.15) is 15.9 Å². The number of benzene rings is 2. The van der Waals surface area contributed by atoms with E-state index in [4.69, 9.17) is 5.11 Å². The molecule has 0 aliphatic rings. The number of hydrogen-bond donors (Lipinski definition) is 2. The summed E-state index contributed by atoms with van der Waals surface area (Å²) in [5.41, 5.74) is 1.32. The minimum atomic E-state index is -1.00. The van der Waals surface area contributed by atoms with E-state index in [9.17, 15) is 9.18 Å². The van der Waals surface area contributed by atoms with Gasteiger partial charge in [-0.05, 0) is 36.2 Å². The lowest BCUT2D eigenvalue weighted by molar-refractivity contribution is 0.0698. The number of carboxylic acids is 1. The Morgan fingerprint density at radius 2 is 2.00 bits per heavy atom. The van der Waals surface area contributed by atoms with Crippen LogP contribution >= 0.6 is 15.9 Å². The van der Waals surface area contributed by atoms with Crippen LogP contribution in [-0.2, 0) is 6.42 Å². The van der Waals surface area contributed by atoms with Gasteiger partial charge in [0.1, 0.15) is 5.82 Å². The molecule has 3 nitrogen and oxygen atoms in total. The van der Waals surface area contributed by atoms with E-state index in [1.54, 1.807) is 30.3 Å². The van der Waals surface area contributed by atoms with Crippen molar-refractivity contribution in [3.8, 4) is 0 Å². The number of rotatable bonds is 5. The molecule has 20 heavy (non-hydrogen) atoms. The average Bonchev–Trinajstić information content (AvgIpc) is 2.42. The van der Waals surface area contributed by atoms with Gasteiger partial charge in [0.2, 0.25) is 0 Å². The maximum Gasteiger partial charge on any atom is 0.337 e. The highest BCUT2D eigenvalue weighted by molar-refractivity contribution is 9.10. The number of halogens is 2. The summed E-state index contributed by atoms with van der Waals surface area (Å²) in [4.78, 5) is 11.1. The molecule has 2 rings (SSSR count). The van der Waals surface area contributed by atoms with Crippen molar-refractivity contribution in [1.29, 1.82) is 0 Å². The highest BCUT2D eigenvalue weighted by atomic mass is 79.9. The van der Waals surface area contributed by atoms with Gasteiger partial charge < -0.3 is 10.4 Å². The Labute approximate surface area is 124 Å². The Bertz CT molecular complexity index is 631. The van der Waals surface area contributed by atoms with Gasteiger partial charge in [0, 0.05) is 16.7 Å². The molecule has 5 heteroatoms. The third-order valence-electron chi connectivity index (χ3n) is 2.88. The molecule has 0 saturated heterocycles. The van der Waals surface area contributed by atoms with Gasteiger partial charge in [-0.1, -0.05) is 34.1 Å². The second-order valence-electron chi connectivity index (χ2n) is 4.26. The first-order valence-corrected chi connectivity index (χ1v) is 6.87. The fourth-order valence-corrected chi connectivity index (χ4v) is 2.24. The van der Waals surface area contributed by atoms with Crippen molar-refractivity contribution in [2.75, 3.05) is 11.9 Å². The normalized spacial score (nSPS) is 10.3. The second-order valence-corrected chi connectivity index (χ2v) is 5.18. The fourth-order valence-electron chi connectivity index (χ4n) is 1.88. The predicted octanol–water partition coefficient (Wildman–Crippen LogP) is 3.94. The molecule has 0 heterocycles. The SMILES string of the molecule is O=C(O)c1cc(Br)ccc1NCCc1ccccc1F. The van der Waals surface area contributed by atoms with Gasteiger partial charge in [0.25, 0.3) is 0 Å². The van der Waals surface area contributed by atoms with E-state index in [0.717, 1.165) is 0 Å². The van der Waals surface area contributed by atoms with Gasteiger partial charge in [-0.15, -0.1) is 0 Å². The van der Waals surface area contributed by atoms with E-state index in [1.165, 1.54) is 12.1 Å². The zero-order valence-corrected chi connectivity index (χ0v) is 12.2. The molecule has 0 spiro atoms. The first-order valence-electron chi connectivity index (χ1n) is 6.08. The fraction of sp³-hybridized carbons (Fsp3) is 0.133. The molecule has 0 unspecified atom stereocenters. The molecule has 0 amide bonds. The first-order chi connectivity index (χ1) is 9.58. The highest BCUT2D eigenvalue weighted by Gasteiger charge is 2.10. The zero-order valence-electron chi connectivity index (χ0n) is 10.6. The quantitative estimate of drug-likeness (QED) is 0.868. The lowest BCUT2D eigenvalue weighted by Gasteiger charge is -2.10. The summed E-state index contributed by atoms with van der Waals surface area (Å²) in [5, 5.41) is 12.2. The smallest absolute Gasteiger partial charge is 0.337 e. The van der Waals surface area contributed by atoms with Gasteiger partial charge >= 0.3 is 5.97 Å². The van der Waals surface area contributed by atoms with Crippen LogP contribution in [0.2, 0.25) is 0 Å². The molecule has 0 aliphatic heterocycles. The third-order valence-corrected chi connectivity index (χ3v) is 3.37. The third kappa shape index (κ3) is 3.57. The summed E-state index contributed by atoms with van der Waals surface area (Å²) >= 11 is 3.24. The Balaban J connectivity index is 2.05. The van der Waals surface area contributed by atoms with Crippen molar-refractivity contribution in [3.05, 3.63) is 63.9 Å². The number of aromatic carboxylic acids is 1. The van der Waals surface area contributed by atoms with Crippen LogP contribution in [0.5, 0.6) is 0 Å². The number of anilines is 1. The lowest BCUT2D eigenvalue weighted by atomic mass is 10.1. The van der Waals surface area contributed by atoms with Crippen molar-refractivity contribution in [1.82, 2.24) is 0 Å². The summed E-state index contributed by atoms with van der Waals surface area (Å²) in [6.45, 7) is 0.461. The van der Waals surface area contributed by atoms with E-state index in [0.29, 0.717) is 28.7 Å². The maximum atomic E-state index is 13.4. The molecule has 104 valence electrons. The van der Waals surface area contributed by atoms with Crippen molar-refractivity contribution < 1.29 is 14.3 Å². The molecular weight excluding hydrogens is 325 g/mol. The van der Waals surface area contributed by atoms with E-state index in [-0.39, 0.29) is 11.4 Å². The largest absolute Gasteiger partial charge is 0.478 e. The number of hydrogen-bond acceptors (Lipinski definition) is 2. The van der Waals surface area contributed by atoms with Crippen LogP contribution in [0.4, 0.5) is 10.1 Å². The Morgan fingerprint density at radius 3 is 2.70 bits per heavy atom. The first kappa shape index (κ1) is 14.5. The standard InChI is InChI=1S/C15H13BrFNO2/c16-11-5-6-14(12(9-11)15(19)20)18-8-7-10-3-1-2-4-13(10)17/h1-6,9,18H,7-8H2,(H,19,20). The molecule has 2 aromatic carbocycles. The molecule has 0 atom stereocenters. The number of nitrogens with one attached hydrogen (secondary N) is 1. The van der Waals surface area contributed by atoms with E-state index in [2.05, 4.69) is 21.2 Å². The zero-order chi connectivity index (χ0) is 14.5. The van der Waals surface area contributed by atoms with Gasteiger partial charge in [0.05, 0.1) is 5.56 Å². The summed E-state index contributed by atoms with van der Waals surface area (Å²) in [5.74, 6) is -1.25. The summed E-state index contributed by atoms with van der Waals surface area (Å²) in [7, 11) is 0. The summed E-state index contributed by atoms with van der Waals surface area (Å²) in [6.07, 6.45) is 0.488. The van der Waals surface area contributed by atoms with Crippen LogP contribution in [0.3, 0.4) is 0 Å². The van der Waals surface area contributed by atoms with Gasteiger partial charge in [0.15, 0.2) is 0 Å².